The molecule has 2 aliphatic rings. The van der Waals surface area contributed by atoms with Gasteiger partial charge in [0, 0.05) is 12.3 Å². The summed E-state index contributed by atoms with van der Waals surface area (Å²) >= 11 is 1.86. The Labute approximate surface area is 83.5 Å². The molecule has 0 bridgehead atoms. The first-order chi connectivity index (χ1) is 6.29. The van der Waals surface area contributed by atoms with Gasteiger partial charge in [-0.15, -0.1) is 11.8 Å². The topological polar surface area (TPSA) is 23.6 Å². The largest absolute Gasteiger partial charge is 0.331 e. The minimum Gasteiger partial charge on any atom is -0.331 e. The van der Waals surface area contributed by atoms with Gasteiger partial charge in [0.1, 0.15) is 0 Å². The van der Waals surface area contributed by atoms with Gasteiger partial charge in [-0.2, -0.15) is 0 Å². The van der Waals surface area contributed by atoms with E-state index in [0.717, 1.165) is 31.1 Å². The minimum absolute atomic E-state index is 0.179. The summed E-state index contributed by atoms with van der Waals surface area (Å²) in [7, 11) is 2.05. The normalized spacial score (nSPS) is 29.9. The Balaban J connectivity index is 1.95. The van der Waals surface area contributed by atoms with Crippen LogP contribution in [-0.4, -0.2) is 53.5 Å². The summed E-state index contributed by atoms with van der Waals surface area (Å²) < 4.78 is 0. The molecular weight excluding hydrogens is 184 g/mol. The lowest BCUT2D eigenvalue weighted by Gasteiger charge is -2.23. The van der Waals surface area contributed by atoms with Gasteiger partial charge in [-0.3, -0.25) is 9.69 Å². The summed E-state index contributed by atoms with van der Waals surface area (Å²) in [6.45, 7) is 2.03. The molecule has 3 nitrogen and oxygen atoms in total. The van der Waals surface area contributed by atoms with Crippen molar-refractivity contribution in [1.82, 2.24) is 9.80 Å². The molecule has 74 valence electrons. The van der Waals surface area contributed by atoms with E-state index in [1.807, 2.05) is 16.7 Å². The highest BCUT2D eigenvalue weighted by molar-refractivity contribution is 7.99. The highest BCUT2D eigenvalue weighted by Crippen LogP contribution is 2.21. The van der Waals surface area contributed by atoms with Crippen molar-refractivity contribution in [3.05, 3.63) is 0 Å². The molecule has 0 N–H and O–H groups in total. The molecule has 4 heteroatoms. The van der Waals surface area contributed by atoms with E-state index in [0.29, 0.717) is 5.91 Å². The van der Waals surface area contributed by atoms with Gasteiger partial charge in [-0.05, 0) is 26.4 Å². The number of thioether (sulfide) groups is 1. The van der Waals surface area contributed by atoms with Crippen LogP contribution in [0.15, 0.2) is 0 Å². The van der Waals surface area contributed by atoms with Crippen LogP contribution in [0, 0.1) is 0 Å². The molecule has 0 aromatic heterocycles. The molecule has 2 aliphatic heterocycles. The first-order valence-corrected chi connectivity index (χ1v) is 6.01. The van der Waals surface area contributed by atoms with Gasteiger partial charge in [0.25, 0.3) is 0 Å². The van der Waals surface area contributed by atoms with E-state index in [1.165, 1.54) is 6.42 Å². The van der Waals surface area contributed by atoms with Crippen LogP contribution in [0.4, 0.5) is 0 Å². The molecule has 0 aromatic rings. The Bertz CT molecular complexity index is 204. The van der Waals surface area contributed by atoms with E-state index in [4.69, 9.17) is 0 Å². The summed E-state index contributed by atoms with van der Waals surface area (Å²) in [5, 5.41) is 0. The summed E-state index contributed by atoms with van der Waals surface area (Å²) in [4.78, 5) is 16.1. The number of carbonyl (C=O) groups excluding carboxylic acids is 1. The van der Waals surface area contributed by atoms with Crippen molar-refractivity contribution in [3.8, 4) is 0 Å². The fourth-order valence-corrected chi connectivity index (χ4v) is 2.98. The van der Waals surface area contributed by atoms with Gasteiger partial charge >= 0.3 is 0 Å². The number of hydrogen-bond donors (Lipinski definition) is 0. The van der Waals surface area contributed by atoms with E-state index in [9.17, 15) is 4.79 Å². The van der Waals surface area contributed by atoms with E-state index in [-0.39, 0.29) is 6.04 Å². The molecule has 2 fully saturated rings. The van der Waals surface area contributed by atoms with E-state index < -0.39 is 0 Å². The van der Waals surface area contributed by atoms with Gasteiger partial charge in [0.05, 0.1) is 11.9 Å². The van der Waals surface area contributed by atoms with Crippen molar-refractivity contribution >= 4 is 17.7 Å². The highest BCUT2D eigenvalue weighted by atomic mass is 32.2. The van der Waals surface area contributed by atoms with Gasteiger partial charge in [-0.25, -0.2) is 0 Å². The van der Waals surface area contributed by atoms with Crippen molar-refractivity contribution in [2.75, 3.05) is 31.8 Å². The molecule has 2 heterocycles. The zero-order valence-corrected chi connectivity index (χ0v) is 8.85. The van der Waals surface area contributed by atoms with Gasteiger partial charge in [0.15, 0.2) is 0 Å². The molecule has 1 atom stereocenters. The van der Waals surface area contributed by atoms with Crippen LogP contribution in [0.2, 0.25) is 0 Å². The summed E-state index contributed by atoms with van der Waals surface area (Å²) in [6.07, 6.45) is 2.23. The maximum atomic E-state index is 11.9. The maximum Gasteiger partial charge on any atom is 0.240 e. The predicted octanol–water partition coefficient (Wildman–Crippen LogP) is 0.613. The Morgan fingerprint density at radius 3 is 2.85 bits per heavy atom. The second-order valence-electron chi connectivity index (χ2n) is 3.78. The van der Waals surface area contributed by atoms with E-state index in [1.54, 1.807) is 0 Å². The third-order valence-electron chi connectivity index (χ3n) is 2.87. The van der Waals surface area contributed by atoms with E-state index in [2.05, 4.69) is 11.9 Å². The monoisotopic (exact) mass is 200 g/mol. The van der Waals surface area contributed by atoms with Crippen LogP contribution in [0.3, 0.4) is 0 Å². The van der Waals surface area contributed by atoms with Crippen LogP contribution in [0.25, 0.3) is 0 Å². The average Bonchev–Trinajstić information content (AvgIpc) is 2.72. The van der Waals surface area contributed by atoms with Crippen molar-refractivity contribution in [2.45, 2.75) is 18.9 Å². The zero-order valence-electron chi connectivity index (χ0n) is 8.03. The highest BCUT2D eigenvalue weighted by Gasteiger charge is 2.32. The third-order valence-corrected chi connectivity index (χ3v) is 3.84. The van der Waals surface area contributed by atoms with Crippen molar-refractivity contribution in [3.63, 3.8) is 0 Å². The zero-order chi connectivity index (χ0) is 9.26. The molecule has 0 unspecified atom stereocenters. The smallest absolute Gasteiger partial charge is 0.240 e. The molecule has 0 saturated carbocycles. The standard InChI is InChI=1S/C9H16N2OS/c1-10-4-2-3-8(10)9(12)11-5-6-13-7-11/h8H,2-7H2,1H3/t8-/m0/s1. The second kappa shape index (κ2) is 3.88. The summed E-state index contributed by atoms with van der Waals surface area (Å²) in [5.74, 6) is 2.37. The number of rotatable bonds is 1. The van der Waals surface area contributed by atoms with Crippen molar-refractivity contribution in [1.29, 1.82) is 0 Å². The van der Waals surface area contributed by atoms with Crippen LogP contribution >= 0.6 is 11.8 Å². The Kier molecular flexibility index (Phi) is 2.79. The van der Waals surface area contributed by atoms with Gasteiger partial charge in [0.2, 0.25) is 5.91 Å². The quantitative estimate of drug-likeness (QED) is 0.620. The Morgan fingerprint density at radius 2 is 2.31 bits per heavy atom. The lowest BCUT2D eigenvalue weighted by molar-refractivity contribution is -0.134. The number of carbonyl (C=O) groups is 1. The first kappa shape index (κ1) is 9.34. The maximum absolute atomic E-state index is 11.9. The molecule has 0 radical (unpaired) electrons. The first-order valence-electron chi connectivity index (χ1n) is 4.86. The number of amides is 1. The number of likely N-dealkylation sites (N-methyl/N-ethyl adjacent to an activating group) is 1. The average molecular weight is 200 g/mol. The lowest BCUT2D eigenvalue weighted by atomic mass is 10.2. The fourth-order valence-electron chi connectivity index (χ4n) is 2.02. The summed E-state index contributed by atoms with van der Waals surface area (Å²) in [5.41, 5.74) is 0. The van der Waals surface area contributed by atoms with Crippen LogP contribution < -0.4 is 0 Å². The predicted molar refractivity (Wildman–Crippen MR) is 54.7 cm³/mol. The van der Waals surface area contributed by atoms with Crippen LogP contribution in [0.5, 0.6) is 0 Å². The molecule has 1 amide bonds. The second-order valence-corrected chi connectivity index (χ2v) is 4.85. The molecule has 2 rings (SSSR count). The molecule has 2 saturated heterocycles. The number of nitrogens with zero attached hydrogens (tertiary/aromatic N) is 2. The molecule has 13 heavy (non-hydrogen) atoms. The molecule has 0 spiro atoms. The fraction of sp³-hybridized carbons (Fsp3) is 0.889. The van der Waals surface area contributed by atoms with Crippen LogP contribution in [0.1, 0.15) is 12.8 Å². The Morgan fingerprint density at radius 1 is 1.46 bits per heavy atom. The third kappa shape index (κ3) is 1.83. The minimum atomic E-state index is 0.179. The molecular formula is C9H16N2OS. The summed E-state index contributed by atoms with van der Waals surface area (Å²) in [6, 6.07) is 0.179. The van der Waals surface area contributed by atoms with Gasteiger partial charge in [-0.1, -0.05) is 0 Å². The molecule has 0 aliphatic carbocycles. The molecule has 0 aromatic carbocycles. The number of likely N-dealkylation sites (tertiary alicyclic amines) is 1. The van der Waals surface area contributed by atoms with Gasteiger partial charge < -0.3 is 4.90 Å². The van der Waals surface area contributed by atoms with E-state index >= 15 is 0 Å². The lowest BCUT2D eigenvalue weighted by Crippen LogP contribution is -2.42. The van der Waals surface area contributed by atoms with Crippen molar-refractivity contribution < 1.29 is 4.79 Å². The van der Waals surface area contributed by atoms with Crippen molar-refractivity contribution in [2.24, 2.45) is 0 Å². The Hall–Kier alpha value is -0.220. The van der Waals surface area contributed by atoms with Crippen LogP contribution in [-0.2, 0) is 4.79 Å². The number of hydrogen-bond acceptors (Lipinski definition) is 3. The SMILES string of the molecule is CN1CCC[C@H]1C(=O)N1CCSC1.